The van der Waals surface area contributed by atoms with Gasteiger partial charge in [0.1, 0.15) is 11.6 Å². The van der Waals surface area contributed by atoms with Gasteiger partial charge in [0, 0.05) is 30.0 Å². The lowest BCUT2D eigenvalue weighted by atomic mass is 9.99. The van der Waals surface area contributed by atoms with Crippen molar-refractivity contribution in [1.29, 1.82) is 5.26 Å². The van der Waals surface area contributed by atoms with E-state index in [4.69, 9.17) is 11.6 Å². The third kappa shape index (κ3) is 4.51. The van der Waals surface area contributed by atoms with E-state index in [2.05, 4.69) is 12.2 Å². The van der Waals surface area contributed by atoms with Crippen LogP contribution >= 0.6 is 11.6 Å². The molecule has 1 aliphatic rings. The molecule has 1 saturated heterocycles. The van der Waals surface area contributed by atoms with Crippen LogP contribution in [0, 0.1) is 17.2 Å². The number of nitrogens with zero attached hydrogens (tertiary/aromatic N) is 2. The number of anilines is 1. The predicted octanol–water partition coefficient (Wildman–Crippen LogP) is 3.42. The maximum absolute atomic E-state index is 12.1. The highest BCUT2D eigenvalue weighted by atomic mass is 35.5. The first-order valence-corrected chi connectivity index (χ1v) is 7.39. The van der Waals surface area contributed by atoms with Crippen LogP contribution < -0.4 is 5.32 Å². The van der Waals surface area contributed by atoms with Crippen LogP contribution in [0.5, 0.6) is 0 Å². The second-order valence-corrected chi connectivity index (χ2v) is 5.77. The maximum atomic E-state index is 12.1. The van der Waals surface area contributed by atoms with Crippen LogP contribution in [-0.4, -0.2) is 23.9 Å². The maximum Gasteiger partial charge on any atom is 0.267 e. The summed E-state index contributed by atoms with van der Waals surface area (Å²) in [7, 11) is 0. The van der Waals surface area contributed by atoms with Gasteiger partial charge in [-0.1, -0.05) is 18.5 Å². The summed E-state index contributed by atoms with van der Waals surface area (Å²) in [4.78, 5) is 14.1. The van der Waals surface area contributed by atoms with E-state index in [1.165, 1.54) is 0 Å². The van der Waals surface area contributed by atoms with Crippen LogP contribution in [-0.2, 0) is 4.79 Å². The molecule has 1 N–H and O–H groups in total. The number of rotatable bonds is 3. The average molecular weight is 304 g/mol. The second kappa shape index (κ2) is 7.14. The number of halogens is 1. The number of nitrogens with one attached hydrogen (secondary N) is 1. The van der Waals surface area contributed by atoms with Gasteiger partial charge < -0.3 is 10.2 Å². The molecule has 2 rings (SSSR count). The molecule has 0 bridgehead atoms. The van der Waals surface area contributed by atoms with Gasteiger partial charge in [-0.3, -0.25) is 4.79 Å². The molecule has 1 heterocycles. The summed E-state index contributed by atoms with van der Waals surface area (Å²) in [5.74, 6) is 0.321. The summed E-state index contributed by atoms with van der Waals surface area (Å²) in [6.45, 7) is 4.00. The highest BCUT2D eigenvalue weighted by Crippen LogP contribution is 2.18. The normalized spacial score (nSPS) is 16.4. The molecular weight excluding hydrogens is 286 g/mol. The molecule has 1 aromatic rings. The average Bonchev–Trinajstić information content (AvgIpc) is 2.49. The van der Waals surface area contributed by atoms with Gasteiger partial charge in [0.05, 0.1) is 0 Å². The number of carbonyl (C=O) groups is 1. The standard InChI is InChI=1S/C16H18ClN3O/c1-12-6-8-20(9-7-12)11-13(10-18)16(21)19-15-4-2-14(17)3-5-15/h2-5,11-12H,6-9H2,1H3,(H,19,21)/b13-11-. The van der Waals surface area contributed by atoms with Gasteiger partial charge in [-0.2, -0.15) is 5.26 Å². The third-order valence-corrected chi connectivity index (χ3v) is 3.85. The van der Waals surface area contributed by atoms with Crippen LogP contribution in [0.15, 0.2) is 36.0 Å². The molecule has 0 atom stereocenters. The molecule has 0 spiro atoms. The smallest absolute Gasteiger partial charge is 0.267 e. The van der Waals surface area contributed by atoms with Crippen molar-refractivity contribution >= 4 is 23.2 Å². The molecule has 5 heteroatoms. The Bertz CT molecular complexity index is 566. The van der Waals surface area contributed by atoms with Gasteiger partial charge in [0.15, 0.2) is 0 Å². The SMILES string of the molecule is CC1CCN(/C=C(/C#N)C(=O)Nc2ccc(Cl)cc2)CC1. The molecule has 1 aliphatic heterocycles. The number of amides is 1. The predicted molar refractivity (Wildman–Crippen MR) is 83.7 cm³/mol. The Kier molecular flexibility index (Phi) is 5.24. The molecular formula is C16H18ClN3O. The van der Waals surface area contributed by atoms with Gasteiger partial charge in [0.2, 0.25) is 0 Å². The van der Waals surface area contributed by atoms with Crippen molar-refractivity contribution in [2.24, 2.45) is 5.92 Å². The summed E-state index contributed by atoms with van der Waals surface area (Å²) in [5.41, 5.74) is 0.748. The zero-order chi connectivity index (χ0) is 15.2. The first kappa shape index (κ1) is 15.4. The molecule has 1 amide bonds. The molecule has 1 aromatic carbocycles. The quantitative estimate of drug-likeness (QED) is 0.687. The Morgan fingerprint density at radius 2 is 2.00 bits per heavy atom. The number of hydrogen-bond donors (Lipinski definition) is 1. The summed E-state index contributed by atoms with van der Waals surface area (Å²) >= 11 is 5.80. The fourth-order valence-corrected chi connectivity index (χ4v) is 2.34. The highest BCUT2D eigenvalue weighted by molar-refractivity contribution is 6.30. The molecule has 1 fully saturated rings. The lowest BCUT2D eigenvalue weighted by Crippen LogP contribution is -2.29. The number of carbonyl (C=O) groups excluding carboxylic acids is 1. The number of likely N-dealkylation sites (tertiary alicyclic amines) is 1. The van der Waals surface area contributed by atoms with Gasteiger partial charge in [0.25, 0.3) is 5.91 Å². The fourth-order valence-electron chi connectivity index (χ4n) is 2.21. The van der Waals surface area contributed by atoms with E-state index in [1.807, 2.05) is 11.0 Å². The molecule has 4 nitrogen and oxygen atoms in total. The molecule has 0 radical (unpaired) electrons. The number of hydrogen-bond acceptors (Lipinski definition) is 3. The van der Waals surface area contributed by atoms with Gasteiger partial charge >= 0.3 is 0 Å². The van der Waals surface area contributed by atoms with Crippen LogP contribution in [0.2, 0.25) is 5.02 Å². The van der Waals surface area contributed by atoms with Crippen molar-refractivity contribution in [2.45, 2.75) is 19.8 Å². The van der Waals surface area contributed by atoms with Gasteiger partial charge in [-0.15, -0.1) is 0 Å². The van der Waals surface area contributed by atoms with E-state index < -0.39 is 5.91 Å². The topological polar surface area (TPSA) is 56.1 Å². The monoisotopic (exact) mass is 303 g/mol. The van der Waals surface area contributed by atoms with E-state index >= 15 is 0 Å². The number of piperidine rings is 1. The minimum Gasteiger partial charge on any atom is -0.376 e. The Morgan fingerprint density at radius 3 is 2.57 bits per heavy atom. The highest BCUT2D eigenvalue weighted by Gasteiger charge is 2.16. The largest absolute Gasteiger partial charge is 0.376 e. The Morgan fingerprint density at radius 1 is 1.38 bits per heavy atom. The zero-order valence-electron chi connectivity index (χ0n) is 12.0. The summed E-state index contributed by atoms with van der Waals surface area (Å²) in [6, 6.07) is 8.77. The zero-order valence-corrected chi connectivity index (χ0v) is 12.7. The molecule has 0 aromatic heterocycles. The van der Waals surface area contributed by atoms with Crippen LogP contribution in [0.3, 0.4) is 0 Å². The van der Waals surface area contributed by atoms with E-state index in [0.29, 0.717) is 16.6 Å². The first-order valence-electron chi connectivity index (χ1n) is 7.01. The van der Waals surface area contributed by atoms with Crippen molar-refractivity contribution in [3.63, 3.8) is 0 Å². The molecule has 21 heavy (non-hydrogen) atoms. The van der Waals surface area contributed by atoms with Crippen molar-refractivity contribution in [3.8, 4) is 6.07 Å². The molecule has 110 valence electrons. The van der Waals surface area contributed by atoms with Crippen LogP contribution in [0.1, 0.15) is 19.8 Å². The Labute approximate surface area is 130 Å². The van der Waals surface area contributed by atoms with E-state index in [9.17, 15) is 10.1 Å². The van der Waals surface area contributed by atoms with Gasteiger partial charge in [-0.25, -0.2) is 0 Å². The third-order valence-electron chi connectivity index (χ3n) is 3.60. The lowest BCUT2D eigenvalue weighted by molar-refractivity contribution is -0.112. The summed E-state index contributed by atoms with van der Waals surface area (Å²) in [6.07, 6.45) is 3.85. The van der Waals surface area contributed by atoms with E-state index in [-0.39, 0.29) is 5.57 Å². The van der Waals surface area contributed by atoms with Crippen molar-refractivity contribution in [2.75, 3.05) is 18.4 Å². The van der Waals surface area contributed by atoms with Gasteiger partial charge in [-0.05, 0) is 43.0 Å². The van der Waals surface area contributed by atoms with Crippen LogP contribution in [0.25, 0.3) is 0 Å². The lowest BCUT2D eigenvalue weighted by Gasteiger charge is -2.29. The molecule has 0 unspecified atom stereocenters. The molecule has 0 saturated carbocycles. The number of benzene rings is 1. The van der Waals surface area contributed by atoms with Crippen molar-refractivity contribution in [1.82, 2.24) is 4.90 Å². The van der Waals surface area contributed by atoms with Crippen molar-refractivity contribution in [3.05, 3.63) is 41.1 Å². The Hall–Kier alpha value is -1.99. The second-order valence-electron chi connectivity index (χ2n) is 5.33. The van der Waals surface area contributed by atoms with E-state index in [0.717, 1.165) is 25.9 Å². The van der Waals surface area contributed by atoms with E-state index in [1.54, 1.807) is 30.5 Å². The minimum atomic E-state index is -0.390. The summed E-state index contributed by atoms with van der Waals surface area (Å²) < 4.78 is 0. The Balaban J connectivity index is 2.01. The molecule has 0 aliphatic carbocycles. The van der Waals surface area contributed by atoms with Crippen molar-refractivity contribution < 1.29 is 4.79 Å². The first-order chi connectivity index (χ1) is 10.1. The number of nitriles is 1. The minimum absolute atomic E-state index is 0.125. The summed E-state index contributed by atoms with van der Waals surface area (Å²) in [5, 5.41) is 12.5. The fraction of sp³-hybridized carbons (Fsp3) is 0.375. The van der Waals surface area contributed by atoms with Crippen LogP contribution in [0.4, 0.5) is 5.69 Å².